The van der Waals surface area contributed by atoms with Crippen LogP contribution in [0.2, 0.25) is 0 Å². The molecule has 0 heterocycles. The molecule has 0 unspecified atom stereocenters. The van der Waals surface area contributed by atoms with Crippen molar-refractivity contribution in [2.24, 2.45) is 5.41 Å². The van der Waals surface area contributed by atoms with Gasteiger partial charge in [0, 0.05) is 5.57 Å². The highest BCUT2D eigenvalue weighted by atomic mass is 32.2. The van der Waals surface area contributed by atoms with Gasteiger partial charge >= 0.3 is 21.6 Å². The molecule has 0 fully saturated rings. The van der Waals surface area contributed by atoms with Gasteiger partial charge in [-0.05, 0) is 55.4 Å². The van der Waals surface area contributed by atoms with Crippen molar-refractivity contribution >= 4 is 16.1 Å². The van der Waals surface area contributed by atoms with E-state index in [1.54, 1.807) is 49.4 Å². The van der Waals surface area contributed by atoms with Gasteiger partial charge in [-0.25, -0.2) is 4.79 Å². The Hall–Kier alpha value is -2.55. The lowest BCUT2D eigenvalue weighted by Gasteiger charge is -2.26. The Morgan fingerprint density at radius 3 is 2.42 bits per heavy atom. The van der Waals surface area contributed by atoms with E-state index in [1.165, 1.54) is 6.08 Å². The van der Waals surface area contributed by atoms with Gasteiger partial charge in [-0.2, -0.15) is 21.6 Å². The fourth-order valence-corrected chi connectivity index (χ4v) is 3.38. The zero-order valence-corrected chi connectivity index (χ0v) is 18.3. The van der Waals surface area contributed by atoms with E-state index in [1.807, 2.05) is 13.8 Å². The van der Waals surface area contributed by atoms with Crippen LogP contribution in [-0.2, 0) is 25.5 Å². The average molecular weight is 458 g/mol. The van der Waals surface area contributed by atoms with E-state index < -0.39 is 21.6 Å². The first-order valence-electron chi connectivity index (χ1n) is 9.71. The number of carbonyl (C=O) groups is 1. The van der Waals surface area contributed by atoms with Gasteiger partial charge in [0.15, 0.2) is 0 Å². The first-order chi connectivity index (χ1) is 14.3. The second kappa shape index (κ2) is 9.72. The number of allylic oxidation sites excluding steroid dienone is 4. The molecular formula is C22H25F3O5S. The third-order valence-corrected chi connectivity index (χ3v) is 5.46. The van der Waals surface area contributed by atoms with Gasteiger partial charge in [0.25, 0.3) is 0 Å². The number of carbonyl (C=O) groups excluding carboxylic acids is 1. The van der Waals surface area contributed by atoms with Crippen molar-refractivity contribution in [3.63, 3.8) is 0 Å². The SMILES string of the molecule is CCOC(=O)c1ccc(CCC=CC2=CC(C)(C)CC=C2OS(=O)(=O)C(F)(F)F)cc1. The molecule has 1 aromatic rings. The molecule has 9 heteroatoms. The summed E-state index contributed by atoms with van der Waals surface area (Å²) >= 11 is 0. The van der Waals surface area contributed by atoms with E-state index in [9.17, 15) is 26.4 Å². The number of esters is 1. The Morgan fingerprint density at radius 2 is 1.84 bits per heavy atom. The van der Waals surface area contributed by atoms with Crippen LogP contribution < -0.4 is 0 Å². The summed E-state index contributed by atoms with van der Waals surface area (Å²) in [7, 11) is -5.74. The van der Waals surface area contributed by atoms with Gasteiger partial charge in [0.2, 0.25) is 0 Å². The first kappa shape index (κ1) is 24.7. The molecule has 0 N–H and O–H groups in total. The van der Waals surface area contributed by atoms with Crippen molar-refractivity contribution in [2.75, 3.05) is 6.61 Å². The van der Waals surface area contributed by atoms with Gasteiger partial charge in [-0.1, -0.05) is 44.2 Å². The average Bonchev–Trinajstić information content (AvgIpc) is 2.66. The summed E-state index contributed by atoms with van der Waals surface area (Å²) < 4.78 is 70.1. The third-order valence-electron chi connectivity index (χ3n) is 4.49. The minimum absolute atomic E-state index is 0.279. The zero-order chi connectivity index (χ0) is 23.3. The van der Waals surface area contributed by atoms with Crippen molar-refractivity contribution in [1.82, 2.24) is 0 Å². The van der Waals surface area contributed by atoms with E-state index in [4.69, 9.17) is 4.74 Å². The Bertz CT molecular complexity index is 985. The number of alkyl halides is 3. The molecule has 1 aromatic carbocycles. The number of ether oxygens (including phenoxy) is 1. The van der Waals surface area contributed by atoms with Crippen LogP contribution in [0.5, 0.6) is 0 Å². The highest BCUT2D eigenvalue weighted by molar-refractivity contribution is 7.87. The summed E-state index contributed by atoms with van der Waals surface area (Å²) in [6, 6.07) is 6.93. The van der Waals surface area contributed by atoms with Crippen molar-refractivity contribution in [3.05, 3.63) is 71.0 Å². The fraction of sp³-hybridized carbons (Fsp3) is 0.409. The molecule has 2 rings (SSSR count). The van der Waals surface area contributed by atoms with Crippen LogP contribution in [-0.4, -0.2) is 26.5 Å². The summed E-state index contributed by atoms with van der Waals surface area (Å²) in [5, 5.41) is 0. The molecule has 0 spiro atoms. The maximum absolute atomic E-state index is 12.7. The molecule has 170 valence electrons. The highest BCUT2D eigenvalue weighted by Crippen LogP contribution is 2.36. The standard InChI is InChI=1S/C22H25F3O5S/c1-4-29-20(26)17-11-9-16(10-12-17)7-5-6-8-18-15-21(2,3)14-13-19(18)30-31(27,28)22(23,24)25/h6,8-13,15H,4-5,7,14H2,1-3H3. The second-order valence-corrected chi connectivity index (χ2v) is 9.24. The summed E-state index contributed by atoms with van der Waals surface area (Å²) in [4.78, 5) is 11.7. The number of aryl methyl sites for hydroxylation is 1. The quantitative estimate of drug-likeness (QED) is 0.294. The second-order valence-electron chi connectivity index (χ2n) is 7.70. The van der Waals surface area contributed by atoms with Crippen LogP contribution in [0, 0.1) is 5.41 Å². The molecule has 0 aliphatic heterocycles. The van der Waals surface area contributed by atoms with Crippen molar-refractivity contribution in [1.29, 1.82) is 0 Å². The van der Waals surface area contributed by atoms with Crippen LogP contribution in [0.1, 0.15) is 49.5 Å². The third kappa shape index (κ3) is 6.99. The monoisotopic (exact) mass is 458 g/mol. The molecular weight excluding hydrogens is 433 g/mol. The Kier molecular flexibility index (Phi) is 7.75. The highest BCUT2D eigenvalue weighted by Gasteiger charge is 2.49. The number of rotatable bonds is 8. The normalized spacial score (nSPS) is 16.6. The lowest BCUT2D eigenvalue weighted by molar-refractivity contribution is -0.0520. The van der Waals surface area contributed by atoms with Gasteiger partial charge < -0.3 is 8.92 Å². The van der Waals surface area contributed by atoms with Gasteiger partial charge in [0.1, 0.15) is 5.76 Å². The predicted molar refractivity (Wildman–Crippen MR) is 110 cm³/mol. The first-order valence-corrected chi connectivity index (χ1v) is 11.1. The molecule has 0 bridgehead atoms. The van der Waals surface area contributed by atoms with E-state index in [2.05, 4.69) is 4.18 Å². The van der Waals surface area contributed by atoms with Crippen LogP contribution in [0.3, 0.4) is 0 Å². The lowest BCUT2D eigenvalue weighted by Crippen LogP contribution is -2.26. The molecule has 0 saturated carbocycles. The topological polar surface area (TPSA) is 69.7 Å². The predicted octanol–water partition coefficient (Wildman–Crippen LogP) is 5.46. The largest absolute Gasteiger partial charge is 0.534 e. The number of hydrogen-bond donors (Lipinski definition) is 0. The van der Waals surface area contributed by atoms with Gasteiger partial charge in [-0.3, -0.25) is 0 Å². The van der Waals surface area contributed by atoms with Crippen LogP contribution in [0.15, 0.2) is 59.9 Å². The minimum atomic E-state index is -5.74. The van der Waals surface area contributed by atoms with Gasteiger partial charge in [0.05, 0.1) is 12.2 Å². The maximum atomic E-state index is 12.7. The zero-order valence-electron chi connectivity index (χ0n) is 17.5. The summed E-state index contributed by atoms with van der Waals surface area (Å²) in [5.41, 5.74) is -4.15. The van der Waals surface area contributed by atoms with E-state index >= 15 is 0 Å². The smallest absolute Gasteiger partial charge is 0.462 e. The minimum Gasteiger partial charge on any atom is -0.462 e. The lowest BCUT2D eigenvalue weighted by atomic mass is 9.82. The van der Waals surface area contributed by atoms with E-state index in [0.717, 1.165) is 5.56 Å². The Labute approximate surface area is 180 Å². The van der Waals surface area contributed by atoms with E-state index in [0.29, 0.717) is 31.4 Å². The molecule has 0 aromatic heterocycles. The number of hydrogen-bond acceptors (Lipinski definition) is 5. The van der Waals surface area contributed by atoms with Crippen LogP contribution in [0.4, 0.5) is 13.2 Å². The molecule has 0 amide bonds. The van der Waals surface area contributed by atoms with E-state index in [-0.39, 0.29) is 16.7 Å². The summed E-state index contributed by atoms with van der Waals surface area (Å²) in [6.07, 6.45) is 7.87. The molecule has 0 atom stereocenters. The molecule has 31 heavy (non-hydrogen) atoms. The summed E-state index contributed by atoms with van der Waals surface area (Å²) in [5.74, 6) is -0.722. The fourth-order valence-electron chi connectivity index (χ4n) is 2.88. The van der Waals surface area contributed by atoms with Gasteiger partial charge in [-0.15, -0.1) is 0 Å². The van der Waals surface area contributed by atoms with Crippen molar-refractivity contribution < 1.29 is 35.3 Å². The summed E-state index contributed by atoms with van der Waals surface area (Å²) in [6.45, 7) is 5.79. The van der Waals surface area contributed by atoms with Crippen LogP contribution in [0.25, 0.3) is 0 Å². The van der Waals surface area contributed by atoms with Crippen molar-refractivity contribution in [2.45, 2.75) is 45.5 Å². The Morgan fingerprint density at radius 1 is 1.19 bits per heavy atom. The van der Waals surface area contributed by atoms with Crippen LogP contribution >= 0.6 is 0 Å². The molecule has 1 aliphatic carbocycles. The Balaban J connectivity index is 2.05. The molecule has 5 nitrogen and oxygen atoms in total. The van der Waals surface area contributed by atoms with Crippen molar-refractivity contribution in [3.8, 4) is 0 Å². The molecule has 0 saturated heterocycles. The molecule has 1 aliphatic rings. The molecule has 0 radical (unpaired) electrons. The maximum Gasteiger partial charge on any atom is 0.534 e. The number of halogens is 3. The number of benzene rings is 1.